The standard InChI is InChI=1S/C44H83N3O4/c1-4-7-9-11-13-14-15-16-17-18-19-21-27-33-43(49)51-38-42(48)47(36-35-46-34-28-29-39(6-3)37-46)41(32-26-20-12-10-8-5-2)44(50)45-40-30-24-22-23-25-31-40/h39-41H,4-38H2,1-3H3,(H,45,50). The predicted molar refractivity (Wildman–Crippen MR) is 214 cm³/mol. The van der Waals surface area contributed by atoms with E-state index in [1.54, 1.807) is 4.90 Å². The molecular formula is C44H83N3O4. The molecular weight excluding hydrogens is 635 g/mol. The topological polar surface area (TPSA) is 79.0 Å². The Balaban J connectivity index is 1.90. The zero-order valence-corrected chi connectivity index (χ0v) is 34.0. The van der Waals surface area contributed by atoms with Crippen LogP contribution in [0.5, 0.6) is 0 Å². The van der Waals surface area contributed by atoms with Crippen molar-refractivity contribution in [2.75, 3.05) is 32.8 Å². The van der Waals surface area contributed by atoms with Gasteiger partial charge in [-0.05, 0) is 51.0 Å². The fourth-order valence-corrected chi connectivity index (χ4v) is 8.24. The Labute approximate surface area is 315 Å². The maximum Gasteiger partial charge on any atom is 0.306 e. The molecule has 0 aromatic carbocycles. The second kappa shape index (κ2) is 30.8. The number of piperidine rings is 1. The number of ether oxygens (including phenoxy) is 1. The maximum atomic E-state index is 14.0. The van der Waals surface area contributed by atoms with E-state index in [-0.39, 0.29) is 30.4 Å². The largest absolute Gasteiger partial charge is 0.456 e. The molecule has 1 N–H and O–H groups in total. The van der Waals surface area contributed by atoms with Crippen LogP contribution in [0.1, 0.15) is 213 Å². The van der Waals surface area contributed by atoms with E-state index in [0.29, 0.717) is 25.3 Å². The SMILES string of the molecule is CCCCCCCCCCCCCCCC(=O)OCC(=O)N(CCN1CCCC(CC)C1)C(CCCCCCCC)C(=O)NC1CCCCCC1. The fourth-order valence-electron chi connectivity index (χ4n) is 8.24. The van der Waals surface area contributed by atoms with Crippen molar-refractivity contribution in [2.45, 2.75) is 225 Å². The average molecular weight is 718 g/mol. The molecule has 1 saturated carbocycles. The van der Waals surface area contributed by atoms with Crippen molar-refractivity contribution >= 4 is 17.8 Å². The Hall–Kier alpha value is -1.63. The molecule has 0 spiro atoms. The van der Waals surface area contributed by atoms with Crippen LogP contribution in [0, 0.1) is 5.92 Å². The summed E-state index contributed by atoms with van der Waals surface area (Å²) >= 11 is 0. The Morgan fingerprint density at radius 2 is 1.24 bits per heavy atom. The minimum Gasteiger partial charge on any atom is -0.456 e. The third-order valence-electron chi connectivity index (χ3n) is 11.7. The lowest BCUT2D eigenvalue weighted by Gasteiger charge is -2.36. The lowest BCUT2D eigenvalue weighted by Crippen LogP contribution is -2.54. The smallest absolute Gasteiger partial charge is 0.306 e. The molecule has 298 valence electrons. The zero-order valence-electron chi connectivity index (χ0n) is 34.0. The summed E-state index contributed by atoms with van der Waals surface area (Å²) in [4.78, 5) is 45.0. The van der Waals surface area contributed by atoms with Gasteiger partial charge in [0.05, 0.1) is 0 Å². The molecule has 0 aromatic rings. The number of hydrogen-bond donors (Lipinski definition) is 1. The molecule has 2 rings (SSSR count). The minimum absolute atomic E-state index is 0.00723. The lowest BCUT2D eigenvalue weighted by atomic mass is 9.95. The molecule has 2 amide bonds. The van der Waals surface area contributed by atoms with Gasteiger partial charge in [-0.15, -0.1) is 0 Å². The summed E-state index contributed by atoms with van der Waals surface area (Å²) in [6.45, 7) is 9.87. The number of esters is 1. The molecule has 0 radical (unpaired) electrons. The number of amides is 2. The van der Waals surface area contributed by atoms with Crippen molar-refractivity contribution in [3.8, 4) is 0 Å². The quantitative estimate of drug-likeness (QED) is 0.0455. The van der Waals surface area contributed by atoms with Gasteiger partial charge in [-0.1, -0.05) is 168 Å². The van der Waals surface area contributed by atoms with E-state index in [1.807, 2.05) is 0 Å². The van der Waals surface area contributed by atoms with Crippen LogP contribution in [0.2, 0.25) is 0 Å². The first kappa shape index (κ1) is 45.5. The molecule has 7 nitrogen and oxygen atoms in total. The number of hydrogen-bond acceptors (Lipinski definition) is 5. The van der Waals surface area contributed by atoms with E-state index in [0.717, 1.165) is 77.4 Å². The van der Waals surface area contributed by atoms with Gasteiger partial charge >= 0.3 is 5.97 Å². The van der Waals surface area contributed by atoms with E-state index >= 15 is 0 Å². The molecule has 7 heteroatoms. The first-order chi connectivity index (χ1) is 25.0. The zero-order chi connectivity index (χ0) is 36.8. The van der Waals surface area contributed by atoms with Gasteiger partial charge in [0, 0.05) is 32.1 Å². The average Bonchev–Trinajstić information content (AvgIpc) is 3.41. The molecule has 0 bridgehead atoms. The van der Waals surface area contributed by atoms with Crippen molar-refractivity contribution in [2.24, 2.45) is 5.92 Å². The van der Waals surface area contributed by atoms with Gasteiger partial charge in [0.25, 0.3) is 5.91 Å². The second-order valence-corrected chi connectivity index (χ2v) is 16.2. The molecule has 2 unspecified atom stereocenters. The Kier molecular flexibility index (Phi) is 27.5. The van der Waals surface area contributed by atoms with Crippen LogP contribution in [0.3, 0.4) is 0 Å². The normalized spacial score (nSPS) is 17.9. The van der Waals surface area contributed by atoms with Gasteiger partial charge in [0.1, 0.15) is 6.04 Å². The highest BCUT2D eigenvalue weighted by molar-refractivity contribution is 5.89. The van der Waals surface area contributed by atoms with Crippen molar-refractivity contribution in [3.05, 3.63) is 0 Å². The van der Waals surface area contributed by atoms with E-state index in [1.165, 1.54) is 122 Å². The summed E-state index contributed by atoms with van der Waals surface area (Å²) in [6.07, 6.45) is 34.7. The van der Waals surface area contributed by atoms with Crippen molar-refractivity contribution < 1.29 is 19.1 Å². The highest BCUT2D eigenvalue weighted by Crippen LogP contribution is 2.22. The molecule has 1 heterocycles. The molecule has 1 aliphatic heterocycles. The molecule has 0 aromatic heterocycles. The van der Waals surface area contributed by atoms with Crippen LogP contribution in [-0.4, -0.2) is 72.5 Å². The summed E-state index contributed by atoms with van der Waals surface area (Å²) in [5.41, 5.74) is 0. The number of nitrogens with zero attached hydrogens (tertiary/aromatic N) is 2. The van der Waals surface area contributed by atoms with Gasteiger partial charge < -0.3 is 19.9 Å². The second-order valence-electron chi connectivity index (χ2n) is 16.2. The number of carbonyl (C=O) groups is 3. The van der Waals surface area contributed by atoms with Crippen molar-refractivity contribution in [1.82, 2.24) is 15.1 Å². The van der Waals surface area contributed by atoms with E-state index in [4.69, 9.17) is 4.74 Å². The lowest BCUT2D eigenvalue weighted by molar-refractivity contribution is -0.154. The van der Waals surface area contributed by atoms with E-state index in [2.05, 4.69) is 31.0 Å². The van der Waals surface area contributed by atoms with Crippen molar-refractivity contribution in [3.63, 3.8) is 0 Å². The maximum absolute atomic E-state index is 14.0. The van der Waals surface area contributed by atoms with E-state index < -0.39 is 6.04 Å². The first-order valence-corrected chi connectivity index (χ1v) is 22.5. The van der Waals surface area contributed by atoms with Crippen LogP contribution in [-0.2, 0) is 19.1 Å². The highest BCUT2D eigenvalue weighted by atomic mass is 16.5. The number of likely N-dealkylation sites (tertiary alicyclic amines) is 1. The van der Waals surface area contributed by atoms with Gasteiger partial charge in [0.2, 0.25) is 5.91 Å². The summed E-state index contributed by atoms with van der Waals surface area (Å²) in [5, 5.41) is 3.39. The van der Waals surface area contributed by atoms with Crippen LogP contribution in [0.25, 0.3) is 0 Å². The minimum atomic E-state index is -0.515. The van der Waals surface area contributed by atoms with Gasteiger partial charge in [0.15, 0.2) is 6.61 Å². The van der Waals surface area contributed by atoms with Gasteiger partial charge in [-0.2, -0.15) is 0 Å². The van der Waals surface area contributed by atoms with Gasteiger partial charge in [-0.3, -0.25) is 14.4 Å². The Morgan fingerprint density at radius 3 is 1.80 bits per heavy atom. The number of nitrogens with one attached hydrogen (secondary N) is 1. The fraction of sp³-hybridized carbons (Fsp3) is 0.932. The molecule has 1 aliphatic carbocycles. The third-order valence-corrected chi connectivity index (χ3v) is 11.7. The number of unbranched alkanes of at least 4 members (excludes halogenated alkanes) is 17. The highest BCUT2D eigenvalue weighted by Gasteiger charge is 2.32. The molecule has 2 aliphatic rings. The summed E-state index contributed by atoms with van der Waals surface area (Å²) in [5.74, 6) is 0.187. The van der Waals surface area contributed by atoms with Crippen LogP contribution < -0.4 is 5.32 Å². The molecule has 2 fully saturated rings. The molecule has 2 atom stereocenters. The Bertz CT molecular complexity index is 874. The van der Waals surface area contributed by atoms with Crippen LogP contribution in [0.15, 0.2) is 0 Å². The molecule has 1 saturated heterocycles. The van der Waals surface area contributed by atoms with Crippen LogP contribution in [0.4, 0.5) is 0 Å². The summed E-state index contributed by atoms with van der Waals surface area (Å²) in [7, 11) is 0. The molecule has 51 heavy (non-hydrogen) atoms. The number of rotatable bonds is 30. The van der Waals surface area contributed by atoms with E-state index in [9.17, 15) is 14.4 Å². The predicted octanol–water partition coefficient (Wildman–Crippen LogP) is 10.9. The summed E-state index contributed by atoms with van der Waals surface area (Å²) < 4.78 is 5.61. The monoisotopic (exact) mass is 718 g/mol. The van der Waals surface area contributed by atoms with Crippen molar-refractivity contribution in [1.29, 1.82) is 0 Å². The Morgan fingerprint density at radius 1 is 0.686 bits per heavy atom. The number of carbonyl (C=O) groups excluding carboxylic acids is 3. The third kappa shape index (κ3) is 22.2. The van der Waals surface area contributed by atoms with Gasteiger partial charge in [-0.25, -0.2) is 0 Å². The first-order valence-electron chi connectivity index (χ1n) is 22.5. The summed E-state index contributed by atoms with van der Waals surface area (Å²) in [6, 6.07) is -0.326. The van der Waals surface area contributed by atoms with Crippen LogP contribution >= 0.6 is 0 Å².